The topological polar surface area (TPSA) is 25.8 Å². The zero-order chi connectivity index (χ0) is 22.8. The fourth-order valence-corrected chi connectivity index (χ4v) is 4.80. The second-order valence-electron chi connectivity index (χ2n) is 7.04. The molecular formula is C22H9F7N2S. The lowest BCUT2D eigenvalue weighted by molar-refractivity contribution is -0.137. The molecule has 0 aliphatic rings. The first-order valence-corrected chi connectivity index (χ1v) is 9.90. The molecule has 2 nitrogen and oxygen atoms in total. The third kappa shape index (κ3) is 3.17. The summed E-state index contributed by atoms with van der Waals surface area (Å²) in [4.78, 5) is 8.06. The van der Waals surface area contributed by atoms with Crippen LogP contribution in [0.15, 0.2) is 54.9 Å². The Kier molecular flexibility index (Phi) is 4.42. The molecular weight excluding hydrogens is 457 g/mol. The second-order valence-corrected chi connectivity index (χ2v) is 8.12. The Hall–Kier alpha value is -3.27. The maximum absolute atomic E-state index is 15.6. The fourth-order valence-electron chi connectivity index (χ4n) is 3.74. The van der Waals surface area contributed by atoms with Gasteiger partial charge in [-0.05, 0) is 35.0 Å². The Bertz CT molecular complexity index is 1480. The van der Waals surface area contributed by atoms with Gasteiger partial charge in [-0.15, -0.1) is 11.3 Å². The standard InChI is InChI=1S/C22H9F7N2S/c23-18-13-8-11(21(24,25)26)5-6-12(13)17(22(27,28)29)20-16(18)19(30-9-31-20)15-7-10-3-1-2-4-14(10)32-15/h1-9H. The molecule has 0 saturated heterocycles. The van der Waals surface area contributed by atoms with Crippen LogP contribution in [0.4, 0.5) is 30.7 Å². The maximum Gasteiger partial charge on any atom is 0.419 e. The molecule has 0 fully saturated rings. The van der Waals surface area contributed by atoms with Crippen molar-refractivity contribution in [3.8, 4) is 10.6 Å². The van der Waals surface area contributed by atoms with Gasteiger partial charge < -0.3 is 0 Å². The number of aromatic nitrogens is 2. The molecule has 0 atom stereocenters. The van der Waals surface area contributed by atoms with E-state index in [0.29, 0.717) is 23.1 Å². The van der Waals surface area contributed by atoms with Crippen molar-refractivity contribution in [2.24, 2.45) is 0 Å². The van der Waals surface area contributed by atoms with E-state index in [9.17, 15) is 26.3 Å². The summed E-state index contributed by atoms with van der Waals surface area (Å²) in [6.45, 7) is 0. The van der Waals surface area contributed by atoms with Crippen LogP contribution in [0, 0.1) is 5.82 Å². The SMILES string of the molecule is Fc1c2cc(C(F)(F)F)ccc2c(C(F)(F)F)c2ncnc(-c3cc4ccccc4s3)c12. The summed E-state index contributed by atoms with van der Waals surface area (Å²) < 4.78 is 98.0. The van der Waals surface area contributed by atoms with Gasteiger partial charge in [-0.3, -0.25) is 0 Å². The van der Waals surface area contributed by atoms with Crippen LogP contribution in [-0.4, -0.2) is 9.97 Å². The zero-order valence-corrected chi connectivity index (χ0v) is 16.5. The van der Waals surface area contributed by atoms with E-state index in [0.717, 1.165) is 16.4 Å². The summed E-state index contributed by atoms with van der Waals surface area (Å²) in [7, 11) is 0. The molecule has 0 aliphatic carbocycles. The Morgan fingerprint density at radius 3 is 2.22 bits per heavy atom. The molecule has 5 rings (SSSR count). The van der Waals surface area contributed by atoms with Gasteiger partial charge in [-0.2, -0.15) is 26.3 Å². The summed E-state index contributed by atoms with van der Waals surface area (Å²) in [6, 6.07) is 10.3. The van der Waals surface area contributed by atoms with Crippen LogP contribution in [0.5, 0.6) is 0 Å². The van der Waals surface area contributed by atoms with Gasteiger partial charge in [-0.1, -0.05) is 24.3 Å². The summed E-state index contributed by atoms with van der Waals surface area (Å²) in [5, 5.41) is -1.29. The lowest BCUT2D eigenvalue weighted by atomic mass is 9.96. The van der Waals surface area contributed by atoms with E-state index in [2.05, 4.69) is 9.97 Å². The largest absolute Gasteiger partial charge is 0.419 e. The Balaban J connectivity index is 1.95. The number of hydrogen-bond donors (Lipinski definition) is 0. The van der Waals surface area contributed by atoms with Crippen molar-refractivity contribution >= 4 is 43.1 Å². The van der Waals surface area contributed by atoms with E-state index >= 15 is 4.39 Å². The quantitative estimate of drug-likeness (QED) is 0.186. The molecule has 3 aromatic carbocycles. The van der Waals surface area contributed by atoms with Crippen LogP contribution in [-0.2, 0) is 12.4 Å². The third-order valence-corrected chi connectivity index (χ3v) is 6.22. The number of rotatable bonds is 1. The minimum absolute atomic E-state index is 0.112. The van der Waals surface area contributed by atoms with Gasteiger partial charge in [0.1, 0.15) is 12.1 Å². The van der Waals surface area contributed by atoms with Crippen molar-refractivity contribution < 1.29 is 30.7 Å². The first-order valence-electron chi connectivity index (χ1n) is 9.09. The Morgan fingerprint density at radius 2 is 1.53 bits per heavy atom. The first kappa shape index (κ1) is 20.6. The summed E-state index contributed by atoms with van der Waals surface area (Å²) in [5.41, 5.74) is -3.37. The highest BCUT2D eigenvalue weighted by molar-refractivity contribution is 7.22. The highest BCUT2D eigenvalue weighted by Gasteiger charge is 2.39. The van der Waals surface area contributed by atoms with Crippen molar-refractivity contribution in [3.63, 3.8) is 0 Å². The highest BCUT2D eigenvalue weighted by Crippen LogP contribution is 2.45. The first-order chi connectivity index (χ1) is 15.1. The van der Waals surface area contributed by atoms with Crippen LogP contribution in [0.3, 0.4) is 0 Å². The molecule has 0 aliphatic heterocycles. The number of alkyl halides is 6. The monoisotopic (exact) mass is 466 g/mol. The molecule has 162 valence electrons. The number of hydrogen-bond acceptors (Lipinski definition) is 3. The van der Waals surface area contributed by atoms with E-state index < -0.39 is 51.0 Å². The van der Waals surface area contributed by atoms with Crippen LogP contribution in [0.1, 0.15) is 11.1 Å². The predicted octanol–water partition coefficient (Wildman–Crippen LogP) is 7.84. The number of benzene rings is 3. The average Bonchev–Trinajstić information content (AvgIpc) is 3.16. The van der Waals surface area contributed by atoms with E-state index in [1.165, 1.54) is 11.3 Å². The van der Waals surface area contributed by atoms with Crippen LogP contribution < -0.4 is 0 Å². The molecule has 0 amide bonds. The van der Waals surface area contributed by atoms with Crippen LogP contribution >= 0.6 is 11.3 Å². The lowest BCUT2D eigenvalue weighted by Gasteiger charge is -2.17. The zero-order valence-electron chi connectivity index (χ0n) is 15.6. The van der Waals surface area contributed by atoms with E-state index in [1.807, 2.05) is 0 Å². The van der Waals surface area contributed by atoms with Gasteiger partial charge in [0.15, 0.2) is 0 Å². The Labute approximate surface area is 179 Å². The molecule has 0 spiro atoms. The predicted molar refractivity (Wildman–Crippen MR) is 108 cm³/mol. The lowest BCUT2D eigenvalue weighted by Crippen LogP contribution is -2.11. The highest BCUT2D eigenvalue weighted by atomic mass is 32.1. The molecule has 2 heterocycles. The minimum atomic E-state index is -4.99. The van der Waals surface area contributed by atoms with Gasteiger partial charge in [-0.25, -0.2) is 14.4 Å². The molecule has 0 N–H and O–H groups in total. The van der Waals surface area contributed by atoms with Crippen molar-refractivity contribution in [2.45, 2.75) is 12.4 Å². The number of nitrogens with zero attached hydrogens (tertiary/aromatic N) is 2. The number of fused-ring (bicyclic) bond motifs is 3. The normalized spacial score (nSPS) is 12.8. The minimum Gasteiger partial charge on any atom is -0.236 e. The van der Waals surface area contributed by atoms with Crippen molar-refractivity contribution in [1.82, 2.24) is 9.97 Å². The molecule has 0 bridgehead atoms. The number of halogens is 7. The summed E-state index contributed by atoms with van der Waals surface area (Å²) in [6.07, 6.45) is -8.95. The molecule has 10 heteroatoms. The van der Waals surface area contributed by atoms with Crippen LogP contribution in [0.2, 0.25) is 0 Å². The number of thiophene rings is 1. The third-order valence-electron chi connectivity index (χ3n) is 5.10. The van der Waals surface area contributed by atoms with E-state index in [-0.39, 0.29) is 5.69 Å². The maximum atomic E-state index is 15.6. The second kappa shape index (κ2) is 6.86. The van der Waals surface area contributed by atoms with Gasteiger partial charge in [0.2, 0.25) is 0 Å². The van der Waals surface area contributed by atoms with Gasteiger partial charge >= 0.3 is 12.4 Å². The van der Waals surface area contributed by atoms with Gasteiger partial charge in [0, 0.05) is 10.1 Å². The Morgan fingerprint density at radius 1 is 0.781 bits per heavy atom. The van der Waals surface area contributed by atoms with Crippen molar-refractivity contribution in [3.05, 3.63) is 71.8 Å². The van der Waals surface area contributed by atoms with E-state index in [1.54, 1.807) is 30.3 Å². The smallest absolute Gasteiger partial charge is 0.236 e. The fraction of sp³-hybridized carbons (Fsp3) is 0.0909. The molecule has 5 aromatic rings. The molecule has 2 aromatic heterocycles. The van der Waals surface area contributed by atoms with Gasteiger partial charge in [0.05, 0.1) is 32.6 Å². The van der Waals surface area contributed by atoms with Crippen LogP contribution in [0.25, 0.3) is 42.3 Å². The van der Waals surface area contributed by atoms with Crippen molar-refractivity contribution in [1.29, 1.82) is 0 Å². The van der Waals surface area contributed by atoms with E-state index in [4.69, 9.17) is 0 Å². The van der Waals surface area contributed by atoms with Crippen molar-refractivity contribution in [2.75, 3.05) is 0 Å². The molecule has 0 saturated carbocycles. The average molecular weight is 466 g/mol. The molecule has 32 heavy (non-hydrogen) atoms. The summed E-state index contributed by atoms with van der Waals surface area (Å²) in [5.74, 6) is -1.23. The molecule has 0 unspecified atom stereocenters. The van der Waals surface area contributed by atoms with Gasteiger partial charge in [0.25, 0.3) is 0 Å². The summed E-state index contributed by atoms with van der Waals surface area (Å²) >= 11 is 1.18. The molecule has 0 radical (unpaired) electrons.